The van der Waals surface area contributed by atoms with Crippen molar-refractivity contribution in [3.05, 3.63) is 24.3 Å². The number of aromatic nitrogens is 1. The van der Waals surface area contributed by atoms with Gasteiger partial charge in [0, 0.05) is 5.75 Å². The van der Waals surface area contributed by atoms with E-state index in [0.29, 0.717) is 19.0 Å². The molecule has 27 heavy (non-hydrogen) atoms. The van der Waals surface area contributed by atoms with Crippen LogP contribution >= 0.6 is 23.1 Å². The summed E-state index contributed by atoms with van der Waals surface area (Å²) < 4.78 is 12.3. The number of hydrogen-bond donors (Lipinski definition) is 0. The molecule has 2 rings (SSSR count). The molecule has 0 bridgehead atoms. The number of nitrogens with zero attached hydrogens (tertiary/aromatic N) is 1. The van der Waals surface area contributed by atoms with Gasteiger partial charge in [-0.25, -0.2) is 4.98 Å². The number of fused-ring (bicyclic) bond motifs is 1. The second kappa shape index (κ2) is 16.4. The monoisotopic (exact) mass is 461 g/mol. The van der Waals surface area contributed by atoms with Gasteiger partial charge in [-0.15, -0.1) is 11.3 Å². The van der Waals surface area contributed by atoms with Crippen molar-refractivity contribution in [2.75, 3.05) is 19.0 Å². The first-order valence-electron chi connectivity index (χ1n) is 8.44. The van der Waals surface area contributed by atoms with Gasteiger partial charge in [-0.05, 0) is 25.0 Å². The van der Waals surface area contributed by atoms with E-state index in [2.05, 4.69) is 4.98 Å². The van der Waals surface area contributed by atoms with Gasteiger partial charge in [-0.2, -0.15) is 0 Å². The average Bonchev–Trinajstić information content (AvgIpc) is 3.04. The Morgan fingerprint density at radius 3 is 2.44 bits per heavy atom. The third-order valence-electron chi connectivity index (χ3n) is 3.34. The number of ether oxygens (including phenoxy) is 2. The van der Waals surface area contributed by atoms with Gasteiger partial charge in [0.25, 0.3) is 0 Å². The normalized spacial score (nSPS) is 11.2. The Labute approximate surface area is 254 Å². The van der Waals surface area contributed by atoms with Gasteiger partial charge in [0.2, 0.25) is 0 Å². The van der Waals surface area contributed by atoms with E-state index in [9.17, 15) is 9.59 Å². The molecular formula is C18H25K2NO4S2. The van der Waals surface area contributed by atoms with E-state index < -0.39 is 5.92 Å². The number of hydrogen-bond acceptors (Lipinski definition) is 7. The molecule has 1 aromatic carbocycles. The van der Waals surface area contributed by atoms with Gasteiger partial charge in [-0.3, -0.25) is 9.59 Å². The maximum atomic E-state index is 12.2. The number of carbonyl (C=O) groups is 2. The molecule has 0 amide bonds. The molecule has 0 aliphatic heterocycles. The summed E-state index contributed by atoms with van der Waals surface area (Å²) in [6.07, 6.45) is 1.56. The van der Waals surface area contributed by atoms with E-state index in [0.717, 1.165) is 27.4 Å². The fourth-order valence-electron chi connectivity index (χ4n) is 2.09. The fourth-order valence-corrected chi connectivity index (χ4v) is 4.26. The first-order chi connectivity index (χ1) is 12.1. The summed E-state index contributed by atoms with van der Waals surface area (Å²) in [7, 11) is 0. The molecule has 0 aliphatic carbocycles. The maximum absolute atomic E-state index is 12.2. The van der Waals surface area contributed by atoms with Crippen LogP contribution in [0.3, 0.4) is 0 Å². The summed E-state index contributed by atoms with van der Waals surface area (Å²) in [4.78, 5) is 28.7. The predicted molar refractivity (Wildman–Crippen MR) is 115 cm³/mol. The fraction of sp³-hybridized carbons (Fsp3) is 0.500. The standard InChI is InChI=1S/C18H23NO4S2.2K.2H/c1-3-9-22-16(20)11-13(17(21)23-10-4-2)12-24-18-19-14-7-5-6-8-15(14)25-18;;;;/h5-8,13H,3-4,9-12H2,1-2H3;;;;. The van der Waals surface area contributed by atoms with Gasteiger partial charge in [0.1, 0.15) is 0 Å². The van der Waals surface area contributed by atoms with E-state index in [1.165, 1.54) is 11.8 Å². The van der Waals surface area contributed by atoms with Crippen LogP contribution < -0.4 is 0 Å². The average molecular weight is 462 g/mol. The van der Waals surface area contributed by atoms with Gasteiger partial charge < -0.3 is 9.47 Å². The van der Waals surface area contributed by atoms with Crippen molar-refractivity contribution < 1.29 is 19.1 Å². The van der Waals surface area contributed by atoms with E-state index in [1.54, 1.807) is 11.3 Å². The Morgan fingerprint density at radius 1 is 1.11 bits per heavy atom. The van der Waals surface area contributed by atoms with Gasteiger partial charge in [-0.1, -0.05) is 37.7 Å². The van der Waals surface area contributed by atoms with Crippen LogP contribution in [-0.4, -0.2) is 139 Å². The second-order valence-corrected chi connectivity index (χ2v) is 7.85. The molecular weight excluding hydrogens is 437 g/mol. The summed E-state index contributed by atoms with van der Waals surface area (Å²) in [6, 6.07) is 7.91. The number of benzene rings is 1. The van der Waals surface area contributed by atoms with Crippen molar-refractivity contribution >= 4 is 148 Å². The third-order valence-corrected chi connectivity index (χ3v) is 5.69. The van der Waals surface area contributed by atoms with Crippen LogP contribution in [0.1, 0.15) is 33.1 Å². The Balaban J connectivity index is 0.00000338. The zero-order chi connectivity index (χ0) is 18.1. The van der Waals surface area contributed by atoms with E-state index in [-0.39, 0.29) is 121 Å². The number of rotatable bonds is 10. The predicted octanol–water partition coefficient (Wildman–Crippen LogP) is 3.00. The molecule has 0 aliphatic rings. The van der Waals surface area contributed by atoms with Gasteiger partial charge in [0.15, 0.2) is 4.34 Å². The molecule has 0 saturated carbocycles. The van der Waals surface area contributed by atoms with Crippen molar-refractivity contribution in [3.63, 3.8) is 0 Å². The molecule has 0 radical (unpaired) electrons. The molecule has 5 nitrogen and oxygen atoms in total. The number of carbonyl (C=O) groups excluding carboxylic acids is 2. The summed E-state index contributed by atoms with van der Waals surface area (Å²) in [6.45, 7) is 4.61. The minimum atomic E-state index is -0.520. The number of thioether (sulfide) groups is 1. The van der Waals surface area contributed by atoms with E-state index >= 15 is 0 Å². The first kappa shape index (κ1) is 28.7. The second-order valence-electron chi connectivity index (χ2n) is 5.55. The Bertz CT molecular complexity index is 678. The molecule has 1 atom stereocenters. The molecule has 0 saturated heterocycles. The van der Waals surface area contributed by atoms with Crippen LogP contribution in [0.25, 0.3) is 10.2 Å². The van der Waals surface area contributed by atoms with Crippen LogP contribution in [-0.2, 0) is 19.1 Å². The minimum absolute atomic E-state index is 0. The molecule has 2 aromatic rings. The summed E-state index contributed by atoms with van der Waals surface area (Å²) in [5, 5.41) is 0. The van der Waals surface area contributed by atoms with Crippen LogP contribution in [0.2, 0.25) is 0 Å². The van der Waals surface area contributed by atoms with E-state index in [1.807, 2.05) is 38.1 Å². The zero-order valence-corrected chi connectivity index (χ0v) is 16.2. The SMILES string of the molecule is CCCOC(=O)CC(CSc1nc2ccccc2s1)C(=O)OCCC.[KH].[KH]. The van der Waals surface area contributed by atoms with Crippen molar-refractivity contribution in [2.24, 2.45) is 5.92 Å². The topological polar surface area (TPSA) is 65.5 Å². The van der Waals surface area contributed by atoms with Crippen molar-refractivity contribution in [1.29, 1.82) is 0 Å². The molecule has 140 valence electrons. The Kier molecular flexibility index (Phi) is 17.4. The quantitative estimate of drug-likeness (QED) is 0.308. The molecule has 0 N–H and O–H groups in total. The summed E-state index contributed by atoms with van der Waals surface area (Å²) >= 11 is 3.07. The Morgan fingerprint density at radius 2 is 1.78 bits per heavy atom. The third kappa shape index (κ3) is 10.5. The van der Waals surface area contributed by atoms with Crippen LogP contribution in [0.4, 0.5) is 0 Å². The molecule has 1 unspecified atom stereocenters. The summed E-state index contributed by atoms with van der Waals surface area (Å²) in [5.74, 6) is -0.772. The number of para-hydroxylation sites is 1. The number of esters is 2. The number of thiazole rings is 1. The molecule has 9 heteroatoms. The molecule has 0 fully saturated rings. The van der Waals surface area contributed by atoms with Crippen molar-refractivity contribution in [3.8, 4) is 0 Å². The van der Waals surface area contributed by atoms with Crippen LogP contribution in [0.5, 0.6) is 0 Å². The van der Waals surface area contributed by atoms with Crippen LogP contribution in [0, 0.1) is 5.92 Å². The Hall–Kier alpha value is 1.67. The van der Waals surface area contributed by atoms with Gasteiger partial charge in [0.05, 0.1) is 35.8 Å². The summed E-state index contributed by atoms with van der Waals surface area (Å²) in [5.41, 5.74) is 0.947. The zero-order valence-electron chi connectivity index (χ0n) is 14.5. The van der Waals surface area contributed by atoms with E-state index in [4.69, 9.17) is 9.47 Å². The van der Waals surface area contributed by atoms with Crippen molar-refractivity contribution in [2.45, 2.75) is 37.4 Å². The first-order valence-corrected chi connectivity index (χ1v) is 10.2. The van der Waals surface area contributed by atoms with Crippen molar-refractivity contribution in [1.82, 2.24) is 4.98 Å². The van der Waals surface area contributed by atoms with Gasteiger partial charge >= 0.3 is 115 Å². The molecule has 1 aromatic heterocycles. The van der Waals surface area contributed by atoms with Crippen LogP contribution in [0.15, 0.2) is 28.6 Å². The molecule has 1 heterocycles. The molecule has 0 spiro atoms.